The summed E-state index contributed by atoms with van der Waals surface area (Å²) >= 11 is 25.2. The van der Waals surface area contributed by atoms with Crippen molar-refractivity contribution in [2.24, 2.45) is 0 Å². The van der Waals surface area contributed by atoms with E-state index in [1.807, 2.05) is 0 Å². The van der Waals surface area contributed by atoms with Crippen molar-refractivity contribution in [2.45, 2.75) is 17.7 Å². The summed E-state index contributed by atoms with van der Waals surface area (Å²) in [7, 11) is 1.59. The first-order chi connectivity index (χ1) is 13.1. The van der Waals surface area contributed by atoms with E-state index in [4.69, 9.17) is 51.1 Å². The fourth-order valence-electron chi connectivity index (χ4n) is 2.84. The molecule has 150 valence electrons. The molecule has 1 aliphatic rings. The second kappa shape index (κ2) is 7.94. The highest BCUT2D eigenvalue weighted by Gasteiger charge is 2.43. The Kier molecular flexibility index (Phi) is 5.95. The molecule has 0 radical (unpaired) electrons. The summed E-state index contributed by atoms with van der Waals surface area (Å²) in [6, 6.07) is 3.08. The molecule has 0 spiro atoms. The summed E-state index contributed by atoms with van der Waals surface area (Å²) in [6.45, 7) is 1.64. The van der Waals surface area contributed by atoms with E-state index < -0.39 is 21.4 Å². The molecule has 1 aromatic carbocycles. The molecule has 28 heavy (non-hydrogen) atoms. The van der Waals surface area contributed by atoms with Crippen molar-refractivity contribution in [3.8, 4) is 11.6 Å². The number of carbonyl (C=O) groups is 1. The number of fused-ring (bicyclic) bond motifs is 3. The molecule has 0 N–H and O–H groups in total. The number of alkyl halides is 2. The second-order valence-electron chi connectivity index (χ2n) is 6.13. The highest BCUT2D eigenvalue weighted by molar-refractivity contribution is 6.37. The van der Waals surface area contributed by atoms with Gasteiger partial charge < -0.3 is 9.64 Å². The Morgan fingerprint density at radius 2 is 2.04 bits per heavy atom. The largest absolute Gasteiger partial charge is 0.470 e. The molecule has 3 rings (SSSR count). The van der Waals surface area contributed by atoms with Crippen LogP contribution in [0.25, 0.3) is 5.69 Å². The van der Waals surface area contributed by atoms with Crippen LogP contribution in [0.1, 0.15) is 28.9 Å². The summed E-state index contributed by atoms with van der Waals surface area (Å²) in [5.74, 6) is -0.393. The van der Waals surface area contributed by atoms with Crippen molar-refractivity contribution in [1.82, 2.24) is 14.7 Å². The molecule has 2 atom stereocenters. The number of ether oxygens (including phenoxy) is 1. The minimum atomic E-state index is -0.964. The molecular weight excluding hydrogens is 454 g/mol. The van der Waals surface area contributed by atoms with E-state index in [0.29, 0.717) is 16.3 Å². The van der Waals surface area contributed by atoms with Crippen LogP contribution in [-0.2, 0) is 4.79 Å². The number of nitrogens with zero attached hydrogens (tertiary/aromatic N) is 4. The summed E-state index contributed by atoms with van der Waals surface area (Å²) in [6.07, 6.45) is 0. The first kappa shape index (κ1) is 21.0. The molecule has 0 fully saturated rings. The molecule has 1 amide bonds. The number of nitro groups is 1. The topological polar surface area (TPSA) is 90.5 Å². The Morgan fingerprint density at radius 1 is 1.36 bits per heavy atom. The SMILES string of the molecule is CC(=O)N(C)CCOc1nn2c(c1[N+](=O)[O-])C(Cl)C(Cl)c1cc(Cl)cc(Cl)c1-2. The number of hydrogen-bond donors (Lipinski definition) is 0. The van der Waals surface area contributed by atoms with Crippen molar-refractivity contribution in [2.75, 3.05) is 20.2 Å². The third-order valence-electron chi connectivity index (χ3n) is 4.33. The van der Waals surface area contributed by atoms with Gasteiger partial charge in [-0.3, -0.25) is 14.9 Å². The van der Waals surface area contributed by atoms with Gasteiger partial charge in [-0.15, -0.1) is 28.3 Å². The Morgan fingerprint density at radius 3 is 2.64 bits per heavy atom. The lowest BCUT2D eigenvalue weighted by Gasteiger charge is -2.26. The Labute approximate surface area is 180 Å². The average molecular weight is 468 g/mol. The van der Waals surface area contributed by atoms with Gasteiger partial charge in [-0.1, -0.05) is 23.2 Å². The third-order valence-corrected chi connectivity index (χ3v) is 5.92. The number of hydrogen-bond acceptors (Lipinski definition) is 5. The first-order valence-corrected chi connectivity index (χ1v) is 9.65. The maximum Gasteiger partial charge on any atom is 0.355 e. The molecule has 2 unspecified atom stereocenters. The maximum atomic E-state index is 11.7. The molecule has 0 saturated heterocycles. The van der Waals surface area contributed by atoms with Crippen LogP contribution in [-0.4, -0.2) is 45.7 Å². The van der Waals surface area contributed by atoms with E-state index in [0.717, 1.165) is 0 Å². The molecule has 0 saturated carbocycles. The van der Waals surface area contributed by atoms with Gasteiger partial charge in [0.25, 0.3) is 0 Å². The molecule has 2 heterocycles. The second-order valence-corrected chi connectivity index (χ2v) is 7.91. The first-order valence-electron chi connectivity index (χ1n) is 8.02. The van der Waals surface area contributed by atoms with Crippen molar-refractivity contribution < 1.29 is 14.5 Å². The van der Waals surface area contributed by atoms with E-state index in [9.17, 15) is 14.9 Å². The minimum absolute atomic E-state index is 0.00579. The number of carbonyl (C=O) groups excluding carboxylic acids is 1. The van der Waals surface area contributed by atoms with Gasteiger partial charge in [0, 0.05) is 24.6 Å². The summed E-state index contributed by atoms with van der Waals surface area (Å²) in [5.41, 5.74) is 0.537. The van der Waals surface area contributed by atoms with Gasteiger partial charge in [-0.05, 0) is 12.1 Å². The molecule has 8 nitrogen and oxygen atoms in total. The number of amides is 1. The van der Waals surface area contributed by atoms with Gasteiger partial charge in [0.05, 0.1) is 27.6 Å². The summed E-state index contributed by atoms with van der Waals surface area (Å²) in [4.78, 5) is 23.8. The van der Waals surface area contributed by atoms with Crippen molar-refractivity contribution in [3.63, 3.8) is 0 Å². The van der Waals surface area contributed by atoms with Gasteiger partial charge in [-0.2, -0.15) is 0 Å². The van der Waals surface area contributed by atoms with Crippen LogP contribution in [0.3, 0.4) is 0 Å². The highest BCUT2D eigenvalue weighted by Crippen LogP contribution is 2.53. The van der Waals surface area contributed by atoms with Gasteiger partial charge in [0.2, 0.25) is 5.91 Å². The maximum absolute atomic E-state index is 11.7. The fourth-order valence-corrected chi connectivity index (χ4v) is 4.05. The molecule has 12 heteroatoms. The van der Waals surface area contributed by atoms with Crippen LogP contribution in [0.2, 0.25) is 10.0 Å². The lowest BCUT2D eigenvalue weighted by atomic mass is 10.0. The van der Waals surface area contributed by atoms with E-state index >= 15 is 0 Å². The van der Waals surface area contributed by atoms with Crippen molar-refractivity contribution in [1.29, 1.82) is 0 Å². The lowest BCUT2D eigenvalue weighted by Crippen LogP contribution is -2.28. The van der Waals surface area contributed by atoms with Crippen LogP contribution in [0.15, 0.2) is 12.1 Å². The minimum Gasteiger partial charge on any atom is -0.470 e. The van der Waals surface area contributed by atoms with Gasteiger partial charge in [-0.25, -0.2) is 4.68 Å². The molecule has 1 aromatic heterocycles. The molecule has 1 aliphatic heterocycles. The third kappa shape index (κ3) is 3.61. The smallest absolute Gasteiger partial charge is 0.355 e. The van der Waals surface area contributed by atoms with E-state index in [1.165, 1.54) is 22.6 Å². The molecule has 0 bridgehead atoms. The molecule has 2 aromatic rings. The number of rotatable bonds is 5. The van der Waals surface area contributed by atoms with Crippen molar-refractivity contribution >= 4 is 58.0 Å². The zero-order chi connectivity index (χ0) is 20.7. The van der Waals surface area contributed by atoms with Crippen LogP contribution < -0.4 is 4.74 Å². The van der Waals surface area contributed by atoms with E-state index in [-0.39, 0.29) is 35.7 Å². The number of benzene rings is 1. The zero-order valence-corrected chi connectivity index (χ0v) is 17.7. The average Bonchev–Trinajstić information content (AvgIpc) is 2.98. The summed E-state index contributed by atoms with van der Waals surface area (Å²) in [5, 5.41) is 14.7. The lowest BCUT2D eigenvalue weighted by molar-refractivity contribution is -0.386. The predicted molar refractivity (Wildman–Crippen MR) is 106 cm³/mol. The Hall–Kier alpha value is -1.74. The monoisotopic (exact) mass is 466 g/mol. The van der Waals surface area contributed by atoms with Gasteiger partial charge in [0.1, 0.15) is 17.7 Å². The van der Waals surface area contributed by atoms with Gasteiger partial charge >= 0.3 is 11.6 Å². The highest BCUT2D eigenvalue weighted by atomic mass is 35.5. The van der Waals surface area contributed by atoms with Crippen LogP contribution in [0.4, 0.5) is 5.69 Å². The summed E-state index contributed by atoms with van der Waals surface area (Å²) < 4.78 is 6.77. The Balaban J connectivity index is 2.08. The van der Waals surface area contributed by atoms with Crippen LogP contribution in [0.5, 0.6) is 5.88 Å². The van der Waals surface area contributed by atoms with E-state index in [1.54, 1.807) is 13.1 Å². The normalized spacial score (nSPS) is 17.6. The van der Waals surface area contributed by atoms with E-state index in [2.05, 4.69) is 5.10 Å². The van der Waals surface area contributed by atoms with Crippen molar-refractivity contribution in [3.05, 3.63) is 43.5 Å². The zero-order valence-electron chi connectivity index (χ0n) is 14.7. The quantitative estimate of drug-likeness (QED) is 0.366. The number of likely N-dealkylation sites (N-methyl/N-ethyl adjacent to an activating group) is 1. The van der Waals surface area contributed by atoms with Crippen LogP contribution >= 0.6 is 46.4 Å². The Bertz CT molecular complexity index is 965. The molecule has 0 aliphatic carbocycles. The number of halogens is 4. The predicted octanol–water partition coefficient (Wildman–Crippen LogP) is 4.52. The fraction of sp³-hybridized carbons (Fsp3) is 0.375. The standard InChI is InChI=1S/C16H14Cl4N4O4/c1-7(25)22(2)3-4-28-16-15(24(26)27)14-12(20)11(19)9-5-8(17)6-10(18)13(9)23(14)21-16/h5-6,11-12H,3-4H2,1-2H3. The number of aromatic nitrogens is 2. The molecular formula is C16H14Cl4N4O4. The van der Waals surface area contributed by atoms with Gasteiger partial charge in [0.15, 0.2) is 0 Å². The van der Waals surface area contributed by atoms with Crippen LogP contribution in [0, 0.1) is 10.1 Å².